The van der Waals surface area contributed by atoms with Crippen LogP contribution < -0.4 is 5.32 Å². The Kier molecular flexibility index (Phi) is 2.91. The Morgan fingerprint density at radius 3 is 2.36 bits per heavy atom. The molecule has 4 heteroatoms. The summed E-state index contributed by atoms with van der Waals surface area (Å²) in [6, 6.07) is 0.334. The SMILES string of the molecule is O=C(NC(C1CC1)C1CC1)OCCO. The van der Waals surface area contributed by atoms with Crippen molar-refractivity contribution < 1.29 is 14.6 Å². The van der Waals surface area contributed by atoms with Crippen molar-refractivity contribution in [2.24, 2.45) is 11.8 Å². The number of rotatable bonds is 5. The fourth-order valence-electron chi connectivity index (χ4n) is 1.85. The molecule has 2 rings (SSSR count). The van der Waals surface area contributed by atoms with E-state index in [0.29, 0.717) is 17.9 Å². The Balaban J connectivity index is 1.72. The lowest BCUT2D eigenvalue weighted by Crippen LogP contribution is -2.38. The van der Waals surface area contributed by atoms with Crippen molar-refractivity contribution in [3.8, 4) is 0 Å². The maximum Gasteiger partial charge on any atom is 0.407 e. The third kappa shape index (κ3) is 2.61. The van der Waals surface area contributed by atoms with Crippen LogP contribution in [0.2, 0.25) is 0 Å². The first-order chi connectivity index (χ1) is 6.81. The summed E-state index contributed by atoms with van der Waals surface area (Å²) in [7, 11) is 0. The topological polar surface area (TPSA) is 58.6 Å². The normalized spacial score (nSPS) is 21.0. The first-order valence-electron chi connectivity index (χ1n) is 5.35. The predicted molar refractivity (Wildman–Crippen MR) is 50.8 cm³/mol. The first-order valence-corrected chi connectivity index (χ1v) is 5.35. The number of aliphatic hydroxyl groups excluding tert-OH is 1. The molecule has 0 aliphatic heterocycles. The average molecular weight is 199 g/mol. The zero-order valence-corrected chi connectivity index (χ0v) is 8.24. The van der Waals surface area contributed by atoms with Crippen LogP contribution in [0.3, 0.4) is 0 Å². The molecule has 0 aromatic rings. The van der Waals surface area contributed by atoms with Gasteiger partial charge in [-0.25, -0.2) is 4.79 Å². The Hall–Kier alpha value is -0.770. The molecular formula is C10H17NO3. The van der Waals surface area contributed by atoms with Crippen molar-refractivity contribution in [1.29, 1.82) is 0 Å². The standard InChI is InChI=1S/C10H17NO3/c12-5-6-14-10(13)11-9(7-1-2-7)8-3-4-8/h7-9,12H,1-6H2,(H,11,13). The number of hydrogen-bond donors (Lipinski definition) is 2. The Bertz CT molecular complexity index is 199. The van der Waals surface area contributed by atoms with E-state index in [1.807, 2.05) is 0 Å². The first kappa shape index (κ1) is 9.77. The molecule has 0 heterocycles. The second-order valence-corrected chi connectivity index (χ2v) is 4.20. The lowest BCUT2D eigenvalue weighted by molar-refractivity contribution is 0.114. The van der Waals surface area contributed by atoms with Crippen molar-refractivity contribution in [1.82, 2.24) is 5.32 Å². The van der Waals surface area contributed by atoms with E-state index in [2.05, 4.69) is 5.32 Å². The smallest absolute Gasteiger partial charge is 0.407 e. The van der Waals surface area contributed by atoms with Crippen LogP contribution in [-0.4, -0.2) is 30.5 Å². The van der Waals surface area contributed by atoms with Crippen molar-refractivity contribution in [2.75, 3.05) is 13.2 Å². The molecule has 0 unspecified atom stereocenters. The second kappa shape index (κ2) is 4.17. The molecule has 0 spiro atoms. The van der Waals surface area contributed by atoms with Crippen LogP contribution in [0.5, 0.6) is 0 Å². The highest BCUT2D eigenvalue weighted by atomic mass is 16.6. The summed E-state index contributed by atoms with van der Waals surface area (Å²) >= 11 is 0. The van der Waals surface area contributed by atoms with Gasteiger partial charge in [0.1, 0.15) is 6.61 Å². The van der Waals surface area contributed by atoms with E-state index in [9.17, 15) is 4.79 Å². The molecule has 2 N–H and O–H groups in total. The average Bonchev–Trinajstić information content (AvgIpc) is 3.04. The fraction of sp³-hybridized carbons (Fsp3) is 0.900. The van der Waals surface area contributed by atoms with Gasteiger partial charge in [-0.2, -0.15) is 0 Å². The van der Waals surface area contributed by atoms with E-state index in [1.54, 1.807) is 0 Å². The molecule has 80 valence electrons. The number of carbonyl (C=O) groups is 1. The number of hydrogen-bond acceptors (Lipinski definition) is 3. The fourth-order valence-corrected chi connectivity index (χ4v) is 1.85. The molecular weight excluding hydrogens is 182 g/mol. The molecule has 2 aliphatic rings. The van der Waals surface area contributed by atoms with Crippen LogP contribution in [0.15, 0.2) is 0 Å². The molecule has 4 nitrogen and oxygen atoms in total. The second-order valence-electron chi connectivity index (χ2n) is 4.20. The summed E-state index contributed by atoms with van der Waals surface area (Å²) in [4.78, 5) is 11.2. The van der Waals surface area contributed by atoms with Crippen molar-refractivity contribution in [3.05, 3.63) is 0 Å². The van der Waals surface area contributed by atoms with E-state index in [4.69, 9.17) is 9.84 Å². The summed E-state index contributed by atoms with van der Waals surface area (Å²) in [6.45, 7) is -0.0150. The highest BCUT2D eigenvalue weighted by Crippen LogP contribution is 2.44. The van der Waals surface area contributed by atoms with Gasteiger partial charge in [0.25, 0.3) is 0 Å². The number of aliphatic hydroxyl groups is 1. The highest BCUT2D eigenvalue weighted by Gasteiger charge is 2.42. The molecule has 0 radical (unpaired) electrons. The monoisotopic (exact) mass is 199 g/mol. The molecule has 0 aromatic carbocycles. The largest absolute Gasteiger partial charge is 0.447 e. The zero-order chi connectivity index (χ0) is 9.97. The van der Waals surface area contributed by atoms with E-state index in [1.165, 1.54) is 25.7 Å². The van der Waals surface area contributed by atoms with Gasteiger partial charge < -0.3 is 15.2 Å². The van der Waals surface area contributed by atoms with Crippen LogP contribution in [0, 0.1) is 11.8 Å². The highest BCUT2D eigenvalue weighted by molar-refractivity contribution is 5.67. The molecule has 2 saturated carbocycles. The molecule has 2 aliphatic carbocycles. The summed E-state index contributed by atoms with van der Waals surface area (Å²) in [5, 5.41) is 11.4. The lowest BCUT2D eigenvalue weighted by atomic mass is 10.1. The molecule has 0 atom stereocenters. The predicted octanol–water partition coefficient (Wildman–Crippen LogP) is 0.893. The summed E-state index contributed by atoms with van der Waals surface area (Å²) in [5.41, 5.74) is 0. The minimum atomic E-state index is -0.372. The van der Waals surface area contributed by atoms with Crippen molar-refractivity contribution >= 4 is 6.09 Å². The third-order valence-corrected chi connectivity index (χ3v) is 2.87. The molecule has 14 heavy (non-hydrogen) atoms. The van der Waals surface area contributed by atoms with E-state index in [0.717, 1.165) is 0 Å². The van der Waals surface area contributed by atoms with Gasteiger partial charge in [0, 0.05) is 6.04 Å². The zero-order valence-electron chi connectivity index (χ0n) is 8.24. The summed E-state index contributed by atoms with van der Waals surface area (Å²) in [5.74, 6) is 1.37. The number of amides is 1. The van der Waals surface area contributed by atoms with Gasteiger partial charge in [-0.15, -0.1) is 0 Å². The Morgan fingerprint density at radius 1 is 1.36 bits per heavy atom. The Morgan fingerprint density at radius 2 is 1.93 bits per heavy atom. The maximum absolute atomic E-state index is 11.2. The van der Waals surface area contributed by atoms with Crippen LogP contribution in [0.1, 0.15) is 25.7 Å². The van der Waals surface area contributed by atoms with Gasteiger partial charge in [0.2, 0.25) is 0 Å². The third-order valence-electron chi connectivity index (χ3n) is 2.87. The number of ether oxygens (including phenoxy) is 1. The number of carbonyl (C=O) groups excluding carboxylic acids is 1. The van der Waals surface area contributed by atoms with Gasteiger partial charge in [-0.1, -0.05) is 0 Å². The lowest BCUT2D eigenvalue weighted by Gasteiger charge is -2.16. The minimum absolute atomic E-state index is 0.0912. The summed E-state index contributed by atoms with van der Waals surface area (Å²) in [6.07, 6.45) is 4.58. The van der Waals surface area contributed by atoms with E-state index >= 15 is 0 Å². The van der Waals surface area contributed by atoms with Gasteiger partial charge in [0.05, 0.1) is 6.61 Å². The van der Waals surface area contributed by atoms with Gasteiger partial charge in [0.15, 0.2) is 0 Å². The molecule has 2 fully saturated rings. The molecule has 0 bridgehead atoms. The van der Waals surface area contributed by atoms with Gasteiger partial charge >= 0.3 is 6.09 Å². The molecule has 0 saturated heterocycles. The van der Waals surface area contributed by atoms with Crippen LogP contribution in [-0.2, 0) is 4.74 Å². The summed E-state index contributed by atoms with van der Waals surface area (Å²) < 4.78 is 4.78. The van der Waals surface area contributed by atoms with Crippen molar-refractivity contribution in [2.45, 2.75) is 31.7 Å². The minimum Gasteiger partial charge on any atom is -0.447 e. The Labute approximate surface area is 83.6 Å². The van der Waals surface area contributed by atoms with E-state index in [-0.39, 0.29) is 19.3 Å². The van der Waals surface area contributed by atoms with Crippen LogP contribution >= 0.6 is 0 Å². The maximum atomic E-state index is 11.2. The van der Waals surface area contributed by atoms with E-state index < -0.39 is 0 Å². The van der Waals surface area contributed by atoms with Crippen LogP contribution in [0.4, 0.5) is 4.79 Å². The molecule has 1 amide bonds. The number of nitrogens with one attached hydrogen (secondary N) is 1. The van der Waals surface area contributed by atoms with Gasteiger partial charge in [-0.3, -0.25) is 0 Å². The number of alkyl carbamates (subject to hydrolysis) is 1. The van der Waals surface area contributed by atoms with Crippen LogP contribution in [0.25, 0.3) is 0 Å². The van der Waals surface area contributed by atoms with Gasteiger partial charge in [-0.05, 0) is 37.5 Å². The van der Waals surface area contributed by atoms with Crippen molar-refractivity contribution in [3.63, 3.8) is 0 Å². The molecule has 0 aromatic heterocycles. The quantitative estimate of drug-likeness (QED) is 0.691.